The van der Waals surface area contributed by atoms with Crippen molar-refractivity contribution in [1.82, 2.24) is 4.57 Å². The topological polar surface area (TPSA) is 103 Å². The van der Waals surface area contributed by atoms with Crippen LogP contribution in [0.25, 0.3) is 0 Å². The predicted octanol–water partition coefficient (Wildman–Crippen LogP) is 5.34. The second kappa shape index (κ2) is 13.2. The van der Waals surface area contributed by atoms with Crippen molar-refractivity contribution in [1.29, 1.82) is 5.26 Å². The summed E-state index contributed by atoms with van der Waals surface area (Å²) in [5.74, 6) is -1.22. The summed E-state index contributed by atoms with van der Waals surface area (Å²) in [6.07, 6.45) is -1.14. The van der Waals surface area contributed by atoms with Gasteiger partial charge in [0.2, 0.25) is 0 Å². The zero-order valence-corrected chi connectivity index (χ0v) is 21.8. The average Bonchev–Trinajstić information content (AvgIpc) is 3.58. The van der Waals surface area contributed by atoms with Gasteiger partial charge in [0.25, 0.3) is 0 Å². The van der Waals surface area contributed by atoms with E-state index in [1.165, 1.54) is 10.6 Å². The Balaban J connectivity index is 1.44. The summed E-state index contributed by atoms with van der Waals surface area (Å²) in [7, 11) is 0. The van der Waals surface area contributed by atoms with Crippen molar-refractivity contribution in [3.63, 3.8) is 0 Å². The fourth-order valence-corrected chi connectivity index (χ4v) is 4.82. The quantitative estimate of drug-likeness (QED) is 0.260. The summed E-state index contributed by atoms with van der Waals surface area (Å²) < 4.78 is 26.8. The molecule has 0 aliphatic carbocycles. The zero-order chi connectivity index (χ0) is 27.7. The Labute approximate surface area is 232 Å². The number of nitrogens with zero attached hydrogens (tertiary/aromatic N) is 2. The van der Waals surface area contributed by atoms with Gasteiger partial charge in [0.1, 0.15) is 30.1 Å². The number of benzene rings is 3. The van der Waals surface area contributed by atoms with Crippen molar-refractivity contribution in [2.24, 2.45) is 0 Å². The number of rotatable bonds is 12. The third-order valence-electron chi connectivity index (χ3n) is 6.76. The normalized spacial score (nSPS) is 20.3. The third kappa shape index (κ3) is 6.47. The van der Waals surface area contributed by atoms with Gasteiger partial charge in [0, 0.05) is 6.20 Å². The minimum Gasteiger partial charge on any atom is -0.477 e. The van der Waals surface area contributed by atoms with E-state index in [1.54, 1.807) is 6.20 Å². The lowest BCUT2D eigenvalue weighted by Crippen LogP contribution is -2.38. The molecule has 2 heterocycles. The maximum Gasteiger partial charge on any atom is 0.353 e. The largest absolute Gasteiger partial charge is 0.477 e. The van der Waals surface area contributed by atoms with Crippen LogP contribution in [-0.2, 0) is 38.8 Å². The Morgan fingerprint density at radius 3 is 1.85 bits per heavy atom. The minimum atomic E-state index is -1.22. The molecule has 5 rings (SSSR count). The van der Waals surface area contributed by atoms with Crippen LogP contribution < -0.4 is 0 Å². The average molecular weight is 539 g/mol. The van der Waals surface area contributed by atoms with Gasteiger partial charge in [-0.25, -0.2) is 4.79 Å². The SMILES string of the molecule is N#Cc1ccn(C2OC(COCc3ccccc3)C(OCc3ccccc3)C2OCc2ccccc2)c1C(=O)O. The first-order chi connectivity index (χ1) is 19.6. The Kier molecular flexibility index (Phi) is 9.01. The fraction of sp³-hybridized carbons (Fsp3) is 0.250. The summed E-state index contributed by atoms with van der Waals surface area (Å²) in [6, 6.07) is 32.7. The molecular formula is C32H30N2O6. The van der Waals surface area contributed by atoms with Crippen molar-refractivity contribution in [2.75, 3.05) is 6.61 Å². The monoisotopic (exact) mass is 538 g/mol. The molecule has 1 aliphatic rings. The molecule has 0 spiro atoms. The number of carboxylic acids is 1. The van der Waals surface area contributed by atoms with E-state index in [4.69, 9.17) is 18.9 Å². The van der Waals surface area contributed by atoms with Gasteiger partial charge in [-0.1, -0.05) is 91.0 Å². The van der Waals surface area contributed by atoms with E-state index in [0.29, 0.717) is 13.2 Å². The van der Waals surface area contributed by atoms with Crippen LogP contribution in [0, 0.1) is 11.3 Å². The van der Waals surface area contributed by atoms with E-state index in [0.717, 1.165) is 16.7 Å². The van der Waals surface area contributed by atoms with Crippen molar-refractivity contribution in [3.8, 4) is 6.07 Å². The van der Waals surface area contributed by atoms with E-state index in [1.807, 2.05) is 97.1 Å². The third-order valence-corrected chi connectivity index (χ3v) is 6.76. The molecule has 1 fully saturated rings. The van der Waals surface area contributed by atoms with Crippen LogP contribution in [0.5, 0.6) is 0 Å². The van der Waals surface area contributed by atoms with Crippen molar-refractivity contribution in [2.45, 2.75) is 44.4 Å². The molecule has 3 aromatic carbocycles. The molecule has 8 nitrogen and oxygen atoms in total. The van der Waals surface area contributed by atoms with Gasteiger partial charge in [0.05, 0.1) is 32.0 Å². The molecule has 1 N–H and O–H groups in total. The molecule has 1 aromatic heterocycles. The van der Waals surface area contributed by atoms with Crippen LogP contribution in [0.15, 0.2) is 103 Å². The first kappa shape index (κ1) is 27.3. The van der Waals surface area contributed by atoms with Gasteiger partial charge in [0.15, 0.2) is 6.23 Å². The second-order valence-electron chi connectivity index (χ2n) is 9.49. The highest BCUT2D eigenvalue weighted by Gasteiger charge is 2.48. The number of carbonyl (C=O) groups is 1. The van der Waals surface area contributed by atoms with Gasteiger partial charge in [-0.3, -0.25) is 0 Å². The summed E-state index contributed by atoms with van der Waals surface area (Å²) >= 11 is 0. The summed E-state index contributed by atoms with van der Waals surface area (Å²) in [5.41, 5.74) is 2.84. The zero-order valence-electron chi connectivity index (χ0n) is 21.8. The smallest absolute Gasteiger partial charge is 0.353 e. The van der Waals surface area contributed by atoms with Gasteiger partial charge in [-0.05, 0) is 22.8 Å². The molecule has 4 aromatic rings. The highest BCUT2D eigenvalue weighted by atomic mass is 16.6. The maximum atomic E-state index is 12.2. The number of hydrogen-bond acceptors (Lipinski definition) is 6. The molecule has 0 saturated carbocycles. The second-order valence-corrected chi connectivity index (χ2v) is 9.49. The molecule has 1 saturated heterocycles. The van der Waals surface area contributed by atoms with Crippen LogP contribution in [0.1, 0.15) is 39.0 Å². The fourth-order valence-electron chi connectivity index (χ4n) is 4.82. The van der Waals surface area contributed by atoms with Crippen LogP contribution in [0.4, 0.5) is 0 Å². The first-order valence-corrected chi connectivity index (χ1v) is 13.1. The predicted molar refractivity (Wildman–Crippen MR) is 146 cm³/mol. The van der Waals surface area contributed by atoms with Crippen molar-refractivity contribution in [3.05, 3.63) is 131 Å². The highest BCUT2D eigenvalue weighted by Crippen LogP contribution is 2.37. The van der Waals surface area contributed by atoms with E-state index in [2.05, 4.69) is 0 Å². The summed E-state index contributed by atoms with van der Waals surface area (Å²) in [6.45, 7) is 1.16. The van der Waals surface area contributed by atoms with Gasteiger partial charge < -0.3 is 28.6 Å². The molecule has 1 aliphatic heterocycles. The van der Waals surface area contributed by atoms with Gasteiger partial charge >= 0.3 is 5.97 Å². The molecule has 0 amide bonds. The summed E-state index contributed by atoms with van der Waals surface area (Å²) in [4.78, 5) is 12.2. The standard InChI is InChI=1S/C32H30N2O6/c33-18-26-16-17-34(28(26)32(35)36)31-30(39-21-25-14-8-3-9-15-25)29(38-20-24-12-6-2-7-13-24)27(40-31)22-37-19-23-10-4-1-5-11-23/h1-17,27,29-31H,19-22H2,(H,35,36). The number of carboxylic acid groups (broad SMARTS) is 1. The van der Waals surface area contributed by atoms with E-state index >= 15 is 0 Å². The lowest BCUT2D eigenvalue weighted by Gasteiger charge is -2.26. The molecule has 0 bridgehead atoms. The molecular weight excluding hydrogens is 508 g/mol. The van der Waals surface area contributed by atoms with Crippen LogP contribution >= 0.6 is 0 Å². The molecule has 204 valence electrons. The number of aromatic carboxylic acids is 1. The molecule has 0 radical (unpaired) electrons. The Bertz CT molecular complexity index is 1420. The van der Waals surface area contributed by atoms with Crippen molar-refractivity contribution >= 4 is 5.97 Å². The Morgan fingerprint density at radius 2 is 1.32 bits per heavy atom. The number of nitriles is 1. The van der Waals surface area contributed by atoms with Crippen molar-refractivity contribution < 1.29 is 28.8 Å². The van der Waals surface area contributed by atoms with Gasteiger partial charge in [-0.15, -0.1) is 0 Å². The van der Waals surface area contributed by atoms with E-state index in [9.17, 15) is 15.2 Å². The Morgan fingerprint density at radius 1 is 0.800 bits per heavy atom. The molecule has 4 atom stereocenters. The summed E-state index contributed by atoms with van der Waals surface area (Å²) in [5, 5.41) is 19.5. The first-order valence-electron chi connectivity index (χ1n) is 13.1. The van der Waals surface area contributed by atoms with Gasteiger partial charge in [-0.2, -0.15) is 5.26 Å². The molecule has 4 unspecified atom stereocenters. The van der Waals surface area contributed by atoms with E-state index < -0.39 is 30.5 Å². The lowest BCUT2D eigenvalue weighted by atomic mass is 10.1. The van der Waals surface area contributed by atoms with Crippen LogP contribution in [-0.4, -0.2) is 40.6 Å². The Hall–Kier alpha value is -4.26. The molecule has 40 heavy (non-hydrogen) atoms. The number of ether oxygens (including phenoxy) is 4. The van der Waals surface area contributed by atoms with Crippen LogP contribution in [0.3, 0.4) is 0 Å². The number of aromatic nitrogens is 1. The number of hydrogen-bond donors (Lipinski definition) is 1. The lowest BCUT2D eigenvalue weighted by molar-refractivity contribution is -0.0918. The van der Waals surface area contributed by atoms with E-state index in [-0.39, 0.29) is 24.5 Å². The highest BCUT2D eigenvalue weighted by molar-refractivity contribution is 5.89. The van der Waals surface area contributed by atoms with Crippen LogP contribution in [0.2, 0.25) is 0 Å². The maximum absolute atomic E-state index is 12.2. The minimum absolute atomic E-state index is 0.0449. The molecule has 8 heteroatoms.